The molecular formula is C22H19ClF3N5O5. The predicted molar refractivity (Wildman–Crippen MR) is 123 cm³/mol. The van der Waals surface area contributed by atoms with E-state index in [2.05, 4.69) is 15.1 Å². The number of aromatic amines is 1. The van der Waals surface area contributed by atoms with Crippen LogP contribution < -0.4 is 20.7 Å². The van der Waals surface area contributed by atoms with Gasteiger partial charge in [0, 0.05) is 31.1 Å². The third-order valence-electron chi connectivity index (χ3n) is 5.23. The number of hydrogen-bond donors (Lipinski definition) is 2. The SMILES string of the molecule is CCn1c(CO)nn(-c2cc(OC(C)C(F)(F)F)c3c(Oc4cc(=O)[nH]cc4Cl)nccc3c2)c1=O. The Morgan fingerprint density at radius 2 is 1.97 bits per heavy atom. The van der Waals surface area contributed by atoms with Crippen LogP contribution >= 0.6 is 11.6 Å². The quantitative estimate of drug-likeness (QED) is 0.378. The van der Waals surface area contributed by atoms with Gasteiger partial charge in [-0.3, -0.25) is 9.36 Å². The number of nitrogens with zero attached hydrogens (tertiary/aromatic N) is 4. The van der Waals surface area contributed by atoms with E-state index in [-0.39, 0.29) is 45.8 Å². The molecular weight excluding hydrogens is 507 g/mol. The van der Waals surface area contributed by atoms with Gasteiger partial charge in [-0.15, -0.1) is 5.10 Å². The van der Waals surface area contributed by atoms with Crippen molar-refractivity contribution in [3.05, 3.63) is 68.3 Å². The number of H-pyrrole nitrogens is 1. The summed E-state index contributed by atoms with van der Waals surface area (Å²) < 4.78 is 53.3. The van der Waals surface area contributed by atoms with Crippen molar-refractivity contribution in [3.8, 4) is 23.1 Å². The van der Waals surface area contributed by atoms with Crippen molar-refractivity contribution in [3.63, 3.8) is 0 Å². The van der Waals surface area contributed by atoms with Crippen molar-refractivity contribution in [2.24, 2.45) is 0 Å². The monoisotopic (exact) mass is 525 g/mol. The molecule has 0 bridgehead atoms. The Balaban J connectivity index is 1.95. The highest BCUT2D eigenvalue weighted by Crippen LogP contribution is 2.39. The van der Waals surface area contributed by atoms with Gasteiger partial charge in [0.2, 0.25) is 5.88 Å². The third-order valence-corrected chi connectivity index (χ3v) is 5.52. The Morgan fingerprint density at radius 1 is 1.22 bits per heavy atom. The maximum absolute atomic E-state index is 13.4. The van der Waals surface area contributed by atoms with Crippen LogP contribution in [0.3, 0.4) is 0 Å². The van der Waals surface area contributed by atoms with Crippen molar-refractivity contribution in [1.82, 2.24) is 24.3 Å². The zero-order valence-corrected chi connectivity index (χ0v) is 19.6. The van der Waals surface area contributed by atoms with Crippen LogP contribution in [0.15, 0.2) is 46.2 Å². The molecule has 4 aromatic rings. The first-order valence-corrected chi connectivity index (χ1v) is 10.9. The molecule has 0 aliphatic carbocycles. The zero-order valence-electron chi connectivity index (χ0n) is 18.8. The van der Waals surface area contributed by atoms with Crippen LogP contribution in [0.1, 0.15) is 19.7 Å². The van der Waals surface area contributed by atoms with Crippen LogP contribution in [0, 0.1) is 0 Å². The highest BCUT2D eigenvalue weighted by atomic mass is 35.5. The predicted octanol–water partition coefficient (Wildman–Crippen LogP) is 3.56. The van der Waals surface area contributed by atoms with Gasteiger partial charge in [0.25, 0.3) is 5.56 Å². The van der Waals surface area contributed by atoms with Gasteiger partial charge < -0.3 is 19.6 Å². The molecule has 0 radical (unpaired) electrons. The molecule has 3 aromatic heterocycles. The number of aromatic nitrogens is 5. The van der Waals surface area contributed by atoms with Crippen LogP contribution in [-0.4, -0.2) is 41.7 Å². The fourth-order valence-corrected chi connectivity index (χ4v) is 3.59. The number of pyridine rings is 2. The maximum Gasteiger partial charge on any atom is 0.425 e. The molecule has 10 nitrogen and oxygen atoms in total. The Morgan fingerprint density at radius 3 is 2.61 bits per heavy atom. The summed E-state index contributed by atoms with van der Waals surface area (Å²) >= 11 is 6.08. The number of alkyl halides is 3. The maximum atomic E-state index is 13.4. The molecule has 0 saturated carbocycles. The van der Waals surface area contributed by atoms with Crippen LogP contribution in [0.2, 0.25) is 5.02 Å². The number of hydrogen-bond acceptors (Lipinski definition) is 7. The molecule has 1 unspecified atom stereocenters. The standard InChI is InChI=1S/C22H19ClF3N5O5/c1-3-30-17(10-32)29-31(21(30)34)13-6-12-4-5-27-20(36-15-8-18(33)28-9-14(15)23)19(12)16(7-13)35-11(2)22(24,25)26/h4-9,11,32H,3,10H2,1-2H3,(H,28,33). The van der Waals surface area contributed by atoms with E-state index in [0.717, 1.165) is 17.7 Å². The lowest BCUT2D eigenvalue weighted by atomic mass is 10.1. The first-order chi connectivity index (χ1) is 17.0. The normalized spacial score (nSPS) is 12.6. The van der Waals surface area contributed by atoms with Gasteiger partial charge in [-0.2, -0.15) is 17.9 Å². The molecule has 0 aliphatic heterocycles. The fourth-order valence-electron chi connectivity index (χ4n) is 3.44. The van der Waals surface area contributed by atoms with Crippen LogP contribution in [0.25, 0.3) is 16.5 Å². The molecule has 1 atom stereocenters. The van der Waals surface area contributed by atoms with Crippen LogP contribution in [0.5, 0.6) is 17.4 Å². The average molecular weight is 526 g/mol. The first-order valence-electron chi connectivity index (χ1n) is 10.6. The molecule has 0 spiro atoms. The number of fused-ring (bicyclic) bond motifs is 1. The Hall–Kier alpha value is -3.84. The van der Waals surface area contributed by atoms with Crippen molar-refractivity contribution in [2.75, 3.05) is 0 Å². The lowest BCUT2D eigenvalue weighted by Gasteiger charge is -2.20. The summed E-state index contributed by atoms with van der Waals surface area (Å²) in [7, 11) is 0. The van der Waals surface area contributed by atoms with Gasteiger partial charge in [-0.05, 0) is 31.4 Å². The van der Waals surface area contributed by atoms with E-state index in [1.165, 1.54) is 35.2 Å². The van der Waals surface area contributed by atoms with E-state index in [9.17, 15) is 27.9 Å². The summed E-state index contributed by atoms with van der Waals surface area (Å²) in [5.41, 5.74) is -1.04. The van der Waals surface area contributed by atoms with Crippen LogP contribution in [0.4, 0.5) is 13.2 Å². The van der Waals surface area contributed by atoms with Gasteiger partial charge in [-0.25, -0.2) is 9.78 Å². The minimum absolute atomic E-state index is 0.0318. The fraction of sp³-hybridized carbons (Fsp3) is 0.273. The molecule has 0 saturated heterocycles. The van der Waals surface area contributed by atoms with Gasteiger partial charge in [0.05, 0.1) is 16.1 Å². The van der Waals surface area contributed by atoms with E-state index in [0.29, 0.717) is 5.39 Å². The molecule has 0 fully saturated rings. The minimum atomic E-state index is -4.70. The second kappa shape index (κ2) is 9.66. The second-order valence-electron chi connectivity index (χ2n) is 7.58. The summed E-state index contributed by atoms with van der Waals surface area (Å²) in [6, 6.07) is 5.20. The summed E-state index contributed by atoms with van der Waals surface area (Å²) in [6.07, 6.45) is -4.41. The second-order valence-corrected chi connectivity index (χ2v) is 7.99. The molecule has 0 aliphatic rings. The van der Waals surface area contributed by atoms with Crippen LogP contribution in [-0.2, 0) is 13.2 Å². The van der Waals surface area contributed by atoms with E-state index in [4.69, 9.17) is 21.1 Å². The Kier molecular flexibility index (Phi) is 6.78. The van der Waals surface area contributed by atoms with E-state index in [1.807, 2.05) is 0 Å². The number of ether oxygens (including phenoxy) is 2. The summed E-state index contributed by atoms with van der Waals surface area (Å²) in [6.45, 7) is 2.21. The van der Waals surface area contributed by atoms with Crippen molar-refractivity contribution < 1.29 is 27.8 Å². The smallest absolute Gasteiger partial charge is 0.425 e. The molecule has 2 N–H and O–H groups in total. The first kappa shape index (κ1) is 25.3. The van der Waals surface area contributed by atoms with E-state index in [1.54, 1.807) is 6.92 Å². The van der Waals surface area contributed by atoms with E-state index < -0.39 is 30.1 Å². The van der Waals surface area contributed by atoms with Gasteiger partial charge in [-0.1, -0.05) is 11.6 Å². The molecule has 14 heteroatoms. The number of halogens is 4. The molecule has 3 heterocycles. The number of benzene rings is 1. The molecule has 0 amide bonds. The number of aliphatic hydroxyl groups is 1. The van der Waals surface area contributed by atoms with E-state index >= 15 is 0 Å². The minimum Gasteiger partial charge on any atom is -0.480 e. The Bertz CT molecular complexity index is 1550. The summed E-state index contributed by atoms with van der Waals surface area (Å²) in [5, 5.41) is 14.0. The van der Waals surface area contributed by atoms with Gasteiger partial charge >= 0.3 is 11.9 Å². The summed E-state index contributed by atoms with van der Waals surface area (Å²) in [4.78, 5) is 31.0. The lowest BCUT2D eigenvalue weighted by molar-refractivity contribution is -0.189. The largest absolute Gasteiger partial charge is 0.480 e. The van der Waals surface area contributed by atoms with Crippen molar-refractivity contribution in [1.29, 1.82) is 0 Å². The van der Waals surface area contributed by atoms with Gasteiger partial charge in [0.1, 0.15) is 12.4 Å². The zero-order chi connectivity index (χ0) is 26.2. The molecule has 36 heavy (non-hydrogen) atoms. The molecule has 190 valence electrons. The average Bonchev–Trinajstić information content (AvgIpc) is 3.16. The van der Waals surface area contributed by atoms with Crippen molar-refractivity contribution in [2.45, 2.75) is 39.3 Å². The van der Waals surface area contributed by atoms with Crippen molar-refractivity contribution >= 4 is 22.4 Å². The lowest BCUT2D eigenvalue weighted by Crippen LogP contribution is -2.31. The molecule has 4 rings (SSSR count). The summed E-state index contributed by atoms with van der Waals surface area (Å²) in [5.74, 6) is -0.487. The highest BCUT2D eigenvalue weighted by Gasteiger charge is 2.38. The molecule has 1 aromatic carbocycles. The Labute approximate surface area is 205 Å². The van der Waals surface area contributed by atoms with Gasteiger partial charge in [0.15, 0.2) is 17.7 Å². The third kappa shape index (κ3) is 4.79. The number of rotatable bonds is 7. The topological polar surface area (TPSA) is 124 Å². The number of nitrogens with one attached hydrogen (secondary N) is 1. The number of aliphatic hydroxyl groups excluding tert-OH is 1. The highest BCUT2D eigenvalue weighted by molar-refractivity contribution is 6.31.